The van der Waals surface area contributed by atoms with Crippen LogP contribution >= 0.6 is 0 Å². The van der Waals surface area contributed by atoms with Gasteiger partial charge in [-0.25, -0.2) is 0 Å². The second-order valence-electron chi connectivity index (χ2n) is 31.5. The van der Waals surface area contributed by atoms with E-state index in [1.54, 1.807) is 0 Å². The van der Waals surface area contributed by atoms with Crippen LogP contribution in [0.15, 0.2) is 82.8 Å². The normalized spacial score (nSPS) is 14.2. The summed E-state index contributed by atoms with van der Waals surface area (Å²) < 4.78 is 351. The van der Waals surface area contributed by atoms with Crippen LogP contribution in [-0.4, -0.2) is 100 Å². The Labute approximate surface area is 629 Å². The van der Waals surface area contributed by atoms with Gasteiger partial charge in [-0.15, -0.1) is 0 Å². The summed E-state index contributed by atoms with van der Waals surface area (Å²) in [4.78, 5) is 9.59. The van der Waals surface area contributed by atoms with Crippen LogP contribution in [0.3, 0.4) is 0 Å². The van der Waals surface area contributed by atoms with E-state index >= 15 is 0 Å². The number of aliphatic imine (C=N–C) groups is 2. The second-order valence-corrected chi connectivity index (χ2v) is 61.1. The van der Waals surface area contributed by atoms with Crippen LogP contribution in [0.25, 0.3) is 15.3 Å². The van der Waals surface area contributed by atoms with Crippen molar-refractivity contribution in [2.24, 2.45) is 9.98 Å². The molecule has 0 aliphatic heterocycles. The molecular weight excluding hydrogens is 1640 g/mol. The zero-order chi connectivity index (χ0) is 81.1. The van der Waals surface area contributed by atoms with Gasteiger partial charge < -0.3 is 33.7 Å². The van der Waals surface area contributed by atoms with Crippen molar-refractivity contribution in [1.82, 2.24) is 8.46 Å². The van der Waals surface area contributed by atoms with Gasteiger partial charge in [-0.2, -0.15) is 127 Å². The van der Waals surface area contributed by atoms with Crippen LogP contribution < -0.4 is 21.9 Å². The molecule has 103 heavy (non-hydrogen) atoms. The van der Waals surface area contributed by atoms with E-state index in [0.717, 1.165) is 11.9 Å². The van der Waals surface area contributed by atoms with E-state index in [1.165, 1.54) is 0 Å². The van der Waals surface area contributed by atoms with Gasteiger partial charge in [-0.1, -0.05) is 238 Å². The summed E-state index contributed by atoms with van der Waals surface area (Å²) in [5.74, 6) is 2.00. The molecular formula is C64H94BCeF24N7Si6. The van der Waals surface area contributed by atoms with Gasteiger partial charge in [0.05, 0.1) is 77.4 Å². The van der Waals surface area contributed by atoms with Crippen molar-refractivity contribution >= 4 is 89.3 Å². The molecule has 7 nitrogen and oxygen atoms in total. The molecule has 0 radical (unpaired) electrons. The maximum Gasteiger partial charge on any atom is 4.00 e. The molecule has 0 bridgehead atoms. The van der Waals surface area contributed by atoms with Crippen LogP contribution in [0.2, 0.25) is 118 Å². The molecule has 584 valence electrons. The van der Waals surface area contributed by atoms with E-state index in [1.807, 2.05) is 0 Å². The number of nitrogens with zero attached hydrogens (tertiary/aromatic N) is 7. The average Bonchev–Trinajstić information content (AvgIpc) is 0.707. The molecule has 39 heteroatoms. The third kappa shape index (κ3) is 31.5. The molecule has 4 aromatic carbocycles. The molecule has 0 unspecified atom stereocenters. The monoisotopic (exact) mass is 1740 g/mol. The smallest absolute Gasteiger partial charge is 0.668 e. The standard InChI is InChI=1S/C32H12BF24.2C13H32N3Si2.C6H18NSi2.Ce/c34-25(35,36)13-1-14(26(37,38)39)6-21(5-13)33(22-7-15(27(40,41)42)2-16(8-22)28(43,44)45,23-9-17(29(46,47)48)3-18(10-23)30(49,50)51)24-11-19(31(52,53)54)4-20(12-24)32(55,56)57;2*1-11(2)14-13(15-12(3)4)16(17(5,6)7)18(8,9)10;1-8(2,3)7-9(4,5)6;/h1-12H;2*11-12H,1-10H3;1-6H3;/q4*-1;+4. The van der Waals surface area contributed by atoms with Crippen LogP contribution in [-0.2, 0) is 49.4 Å². The fourth-order valence-corrected chi connectivity index (χ4v) is 38.5. The Hall–Kier alpha value is -3.56. The van der Waals surface area contributed by atoms with Gasteiger partial charge in [0.25, 0.3) is 0 Å². The van der Waals surface area contributed by atoms with E-state index < -0.39 is 244 Å². The molecule has 0 aliphatic carbocycles. The Morgan fingerprint density at radius 2 is 0.437 bits per heavy atom. The van der Waals surface area contributed by atoms with Gasteiger partial charge in [-0.3, -0.25) is 0 Å². The van der Waals surface area contributed by atoms with Crippen LogP contribution in [0, 0.1) is 41.7 Å². The van der Waals surface area contributed by atoms with Crippen LogP contribution in [0.4, 0.5) is 105 Å². The third-order valence-electron chi connectivity index (χ3n) is 13.7. The third-order valence-corrected chi connectivity index (χ3v) is 33.3. The second kappa shape index (κ2) is 35.0. The minimum atomic E-state index is -6.13. The van der Waals surface area contributed by atoms with Crippen molar-refractivity contribution in [2.45, 2.75) is 247 Å². The number of hydrogen-bond donors (Lipinski definition) is 0. The summed E-state index contributed by atoms with van der Waals surface area (Å²) in [6.07, 6.45) is -54.8. The first-order valence-corrected chi connectivity index (χ1v) is 52.6. The largest absolute Gasteiger partial charge is 4.00 e. The molecule has 0 fully saturated rings. The maximum absolute atomic E-state index is 14.2. The summed E-state index contributed by atoms with van der Waals surface area (Å²) in [5, 5.41) is 9.59. The van der Waals surface area contributed by atoms with E-state index in [0.29, 0.717) is 24.2 Å². The summed E-state index contributed by atoms with van der Waals surface area (Å²) in [6.45, 7) is 59.4. The number of halogens is 24. The van der Waals surface area contributed by atoms with E-state index in [4.69, 9.17) is 25.3 Å². The van der Waals surface area contributed by atoms with Crippen molar-refractivity contribution < 1.29 is 147 Å². The minimum Gasteiger partial charge on any atom is -0.668 e. The summed E-state index contributed by atoms with van der Waals surface area (Å²) in [7, 11) is -8.00. The fourth-order valence-electron chi connectivity index (χ4n) is 11.5. The predicted molar refractivity (Wildman–Crippen MR) is 379 cm³/mol. The molecule has 0 atom stereocenters. The Morgan fingerprint density at radius 3 is 0.524 bits per heavy atom. The molecule has 0 aromatic heterocycles. The van der Waals surface area contributed by atoms with Gasteiger partial charge in [0, 0.05) is 11.9 Å². The Bertz CT molecular complexity index is 2930. The van der Waals surface area contributed by atoms with E-state index in [2.05, 4.69) is 182 Å². The molecule has 0 aliphatic rings. The Kier molecular flexibility index (Phi) is 33.8. The van der Waals surface area contributed by atoms with Crippen molar-refractivity contribution in [3.8, 4) is 0 Å². The van der Waals surface area contributed by atoms with Crippen molar-refractivity contribution in [2.75, 3.05) is 0 Å². The molecule has 0 saturated carbocycles. The number of hydrogen-bond acceptors (Lipinski definition) is 2. The summed E-state index contributed by atoms with van der Waals surface area (Å²) in [6, 6.07) is -7.60. The first-order valence-electron chi connectivity index (χ1n) is 32.0. The van der Waals surface area contributed by atoms with Gasteiger partial charge in [0.2, 0.25) is 0 Å². The van der Waals surface area contributed by atoms with Crippen molar-refractivity contribution in [3.05, 3.63) is 133 Å². The first kappa shape index (κ1) is 99.4. The SMILES string of the molecule is CC(C)N=C([N-]C(C)C)N([Si](C)(C)C)[Si](C)(C)C.CC(C)N=C([N-]C(C)C)N([Si](C)(C)C)[Si](C)(C)C.C[Si](C)(C)[N-][Si](C)(C)C.FC(F)(F)c1cc([B-](c2cc(C(F)(F)F)cc(C(F)(F)F)c2)(c2cc(C(F)(F)F)cc(C(F)(F)F)c2)c2cc(C(F)(F)F)cc(C(F)(F)F)c2)cc(C(F)(F)F)c1.[Ce+4]. The van der Waals surface area contributed by atoms with E-state index in [9.17, 15) is 105 Å². The van der Waals surface area contributed by atoms with Gasteiger partial charge in [0.15, 0.2) is 0 Å². The number of rotatable bonds is 14. The Balaban J connectivity index is 0.00000183. The topological polar surface area (TPSA) is 73.5 Å². The average molecular weight is 1740 g/mol. The molecule has 0 saturated heterocycles. The number of benzene rings is 4. The molecule has 0 heterocycles. The van der Waals surface area contributed by atoms with E-state index in [-0.39, 0.29) is 41.7 Å². The predicted octanol–water partition coefficient (Wildman–Crippen LogP) is 23.3. The maximum atomic E-state index is 14.2. The molecule has 0 N–H and O–H groups in total. The molecule has 0 spiro atoms. The van der Waals surface area contributed by atoms with Gasteiger partial charge in [0.1, 0.15) is 6.15 Å². The zero-order valence-electron chi connectivity index (χ0n) is 62.5. The Morgan fingerprint density at radius 1 is 0.291 bits per heavy atom. The van der Waals surface area contributed by atoms with Gasteiger partial charge >= 0.3 is 91.2 Å². The summed E-state index contributed by atoms with van der Waals surface area (Å²) >= 11 is 0. The number of alkyl halides is 24. The molecule has 4 aromatic rings. The van der Waals surface area contributed by atoms with Crippen LogP contribution in [0.1, 0.15) is 99.9 Å². The molecule has 4 rings (SSSR count). The van der Waals surface area contributed by atoms with Crippen LogP contribution in [0.5, 0.6) is 0 Å². The first-order chi connectivity index (χ1) is 44.7. The molecule has 0 amide bonds. The minimum absolute atomic E-state index is 0. The van der Waals surface area contributed by atoms with Crippen molar-refractivity contribution in [1.29, 1.82) is 0 Å². The summed E-state index contributed by atoms with van der Waals surface area (Å²) in [5.41, 5.74) is -30.2. The zero-order valence-corrected chi connectivity index (χ0v) is 71.7. The fraction of sp³-hybridized carbons (Fsp3) is 0.594. The van der Waals surface area contributed by atoms with Crippen molar-refractivity contribution in [3.63, 3.8) is 0 Å². The number of guanidine groups is 2. The quantitative estimate of drug-likeness (QED) is 0.0546. The van der Waals surface area contributed by atoms with Gasteiger partial charge in [-0.05, 0) is 48.4 Å².